The second-order valence-corrected chi connectivity index (χ2v) is 25.3. The molecule has 48 heavy (non-hydrogen) atoms. The molecular weight excluding hydrogens is 834 g/mol. The number of rotatable bonds is 11. The second kappa shape index (κ2) is 17.4. The van der Waals surface area contributed by atoms with Crippen LogP contribution in [0.25, 0.3) is 33.2 Å². The van der Waals surface area contributed by atoms with Crippen LogP contribution in [-0.2, 0) is 24.9 Å². The first-order chi connectivity index (χ1) is 22.0. The zero-order chi connectivity index (χ0) is 35.2. The minimum atomic E-state index is -2.07. The largest absolute Gasteiger partial charge is 0.512 e. The van der Waals surface area contributed by atoms with Gasteiger partial charge in [0.15, 0.2) is 5.78 Å². The molecule has 3 nitrogen and oxygen atoms in total. The zero-order valence-electron chi connectivity index (χ0n) is 30.8. The van der Waals surface area contributed by atoms with E-state index in [9.17, 15) is 14.3 Å². The minimum Gasteiger partial charge on any atom is -0.512 e. The van der Waals surface area contributed by atoms with Crippen LogP contribution in [0.15, 0.2) is 78.7 Å². The van der Waals surface area contributed by atoms with Gasteiger partial charge in [0, 0.05) is 37.0 Å². The monoisotopic (exact) mass is 891 g/mol. The maximum absolute atomic E-state index is 15.0. The van der Waals surface area contributed by atoms with Crippen molar-refractivity contribution in [2.75, 3.05) is 0 Å². The molecule has 0 unspecified atom stereocenters. The molecular formula is C42H55FGeIrNO2-. The number of hydrogen-bond acceptors (Lipinski definition) is 3. The predicted octanol–water partition coefficient (Wildman–Crippen LogP) is 11.8. The summed E-state index contributed by atoms with van der Waals surface area (Å²) < 4.78 is 16.2. The van der Waals surface area contributed by atoms with Crippen molar-refractivity contribution in [2.24, 2.45) is 10.8 Å². The number of nitrogens with zero attached hydrogens (tertiary/aromatic N) is 1. The molecule has 0 fully saturated rings. The Morgan fingerprint density at radius 1 is 0.917 bits per heavy atom. The molecule has 0 aliphatic rings. The number of allylic oxidation sites excluding steroid dienone is 2. The van der Waals surface area contributed by atoms with Gasteiger partial charge in [-0.15, -0.1) is 0 Å². The van der Waals surface area contributed by atoms with Crippen LogP contribution in [0.1, 0.15) is 92.6 Å². The van der Waals surface area contributed by atoms with E-state index in [2.05, 4.69) is 72.5 Å². The molecule has 0 amide bonds. The molecule has 6 heteroatoms. The number of aromatic nitrogens is 1. The van der Waals surface area contributed by atoms with Crippen molar-refractivity contribution in [1.29, 1.82) is 0 Å². The van der Waals surface area contributed by atoms with Crippen molar-refractivity contribution in [2.45, 2.75) is 104 Å². The number of pyridine rings is 1. The number of carbonyl (C=O) groups excluding carboxylic acids is 1. The fraction of sp³-hybridized carbons (Fsp3) is 0.429. The Bertz CT molecular complexity index is 1710. The van der Waals surface area contributed by atoms with Crippen LogP contribution >= 0.6 is 0 Å². The smallest absolute Gasteiger partial charge is 0.164 e. The van der Waals surface area contributed by atoms with E-state index in [1.807, 2.05) is 65.8 Å². The van der Waals surface area contributed by atoms with Crippen molar-refractivity contribution in [3.63, 3.8) is 0 Å². The number of benzene rings is 3. The van der Waals surface area contributed by atoms with E-state index in [1.54, 1.807) is 12.3 Å². The SMILES string of the molecule is CC(C)c1cc(-c2cc(-c3cc[c]([Ge]([CH3])([CH3])[CH3])cc3F)ccn2)[c-]c2ccccc12.CCC(C)(CC)C(=O)/C=C(\O)C(C)(CC)CC.[Ir]. The quantitative estimate of drug-likeness (QED) is 0.0706. The molecule has 0 saturated carbocycles. The summed E-state index contributed by atoms with van der Waals surface area (Å²) >= 11 is -2.07. The average molecular weight is 890 g/mol. The van der Waals surface area contributed by atoms with E-state index in [0.29, 0.717) is 11.5 Å². The van der Waals surface area contributed by atoms with Gasteiger partial charge in [0.1, 0.15) is 5.76 Å². The van der Waals surface area contributed by atoms with Gasteiger partial charge in [0.2, 0.25) is 0 Å². The summed E-state index contributed by atoms with van der Waals surface area (Å²) in [4.78, 5) is 16.8. The van der Waals surface area contributed by atoms with Gasteiger partial charge in [-0.3, -0.25) is 4.79 Å². The number of halogens is 1. The summed E-state index contributed by atoms with van der Waals surface area (Å²) in [7, 11) is 0. The van der Waals surface area contributed by atoms with E-state index in [0.717, 1.165) is 47.9 Å². The van der Waals surface area contributed by atoms with E-state index >= 15 is 0 Å². The molecule has 1 aromatic heterocycles. The molecule has 3 aromatic carbocycles. The van der Waals surface area contributed by atoms with Crippen LogP contribution in [0.4, 0.5) is 4.39 Å². The van der Waals surface area contributed by atoms with Crippen molar-refractivity contribution in [3.05, 3.63) is 96.1 Å². The third-order valence-corrected chi connectivity index (χ3v) is 14.5. The van der Waals surface area contributed by atoms with Crippen LogP contribution in [0, 0.1) is 22.7 Å². The number of ketones is 1. The zero-order valence-corrected chi connectivity index (χ0v) is 35.3. The summed E-state index contributed by atoms with van der Waals surface area (Å²) in [5.74, 6) is 7.35. The van der Waals surface area contributed by atoms with Crippen molar-refractivity contribution >= 4 is 34.2 Å². The van der Waals surface area contributed by atoms with Gasteiger partial charge < -0.3 is 5.11 Å². The fourth-order valence-electron chi connectivity index (χ4n) is 5.52. The van der Waals surface area contributed by atoms with E-state index < -0.39 is 13.3 Å². The molecule has 261 valence electrons. The Morgan fingerprint density at radius 3 is 2.06 bits per heavy atom. The van der Waals surface area contributed by atoms with Gasteiger partial charge >= 0.3 is 175 Å². The molecule has 4 aromatic rings. The average Bonchev–Trinajstić information content (AvgIpc) is 3.06. The molecule has 0 aliphatic heterocycles. The molecule has 1 radical (unpaired) electrons. The summed E-state index contributed by atoms with van der Waals surface area (Å²) in [5.41, 5.74) is 3.91. The predicted molar refractivity (Wildman–Crippen MR) is 202 cm³/mol. The van der Waals surface area contributed by atoms with Gasteiger partial charge in [-0.1, -0.05) is 47.6 Å². The number of hydrogen-bond donors (Lipinski definition) is 1. The van der Waals surface area contributed by atoms with Gasteiger partial charge in [0.25, 0.3) is 0 Å². The molecule has 0 bridgehead atoms. The van der Waals surface area contributed by atoms with Crippen molar-refractivity contribution < 1.29 is 34.4 Å². The summed E-state index contributed by atoms with van der Waals surface area (Å²) in [6, 6.07) is 23.6. The molecule has 1 N–H and O–H groups in total. The Balaban J connectivity index is 0.000000384. The van der Waals surface area contributed by atoms with Crippen molar-refractivity contribution in [3.8, 4) is 22.4 Å². The first-order valence-corrected chi connectivity index (χ1v) is 24.5. The number of carbonyl (C=O) groups is 1. The summed E-state index contributed by atoms with van der Waals surface area (Å²) in [6.45, 7) is 16.5. The van der Waals surface area contributed by atoms with Crippen molar-refractivity contribution in [1.82, 2.24) is 4.98 Å². The standard InChI is InChI=1S/C27H27FGeN.C15H28O2.Ir/c1-18(2)25-15-21(14-19-8-6-7-9-23(19)25)27-16-20(12-13-30-27)24-11-10-22(17-26(24)28)29(3,4)5;1-7-14(5,8-2)12(16)11-13(17)15(6,9-3)10-4;/h6-13,15-18H,1-5H3;11,16H,7-10H2,1-6H3;/q-1;;/b;12-11-;. The van der Waals surface area contributed by atoms with Crippen LogP contribution in [-0.4, -0.2) is 29.1 Å². The van der Waals surface area contributed by atoms with Crippen LogP contribution < -0.4 is 4.40 Å². The topological polar surface area (TPSA) is 50.2 Å². The third-order valence-electron chi connectivity index (χ3n) is 10.2. The first-order valence-electron chi connectivity index (χ1n) is 17.2. The Morgan fingerprint density at radius 2 is 1.52 bits per heavy atom. The molecule has 0 spiro atoms. The third kappa shape index (κ3) is 9.76. The van der Waals surface area contributed by atoms with Crippen LogP contribution in [0.2, 0.25) is 17.3 Å². The second-order valence-electron chi connectivity index (χ2n) is 14.6. The summed E-state index contributed by atoms with van der Waals surface area (Å²) in [5, 5.41) is 12.4. The minimum absolute atomic E-state index is 0. The first kappa shape index (κ1) is 41.6. The molecule has 0 aliphatic carbocycles. The summed E-state index contributed by atoms with van der Waals surface area (Å²) in [6.07, 6.45) is 6.52. The maximum Gasteiger partial charge on any atom is 0.164 e. The normalized spacial score (nSPS) is 12.4. The van der Waals surface area contributed by atoms with Crippen LogP contribution in [0.5, 0.6) is 0 Å². The van der Waals surface area contributed by atoms with Gasteiger partial charge in [-0.25, -0.2) is 0 Å². The van der Waals surface area contributed by atoms with Crippen LogP contribution in [0.3, 0.4) is 0 Å². The number of fused-ring (bicyclic) bond motifs is 1. The van der Waals surface area contributed by atoms with Gasteiger partial charge in [-0.2, -0.15) is 0 Å². The van der Waals surface area contributed by atoms with E-state index in [4.69, 9.17) is 0 Å². The molecule has 1 heterocycles. The Hall–Kier alpha value is -2.60. The van der Waals surface area contributed by atoms with Gasteiger partial charge in [-0.05, 0) is 25.7 Å². The van der Waals surface area contributed by atoms with E-state index in [-0.39, 0.29) is 48.3 Å². The molecule has 4 rings (SSSR count). The fourth-order valence-corrected chi connectivity index (χ4v) is 7.92. The Labute approximate surface area is 305 Å². The maximum atomic E-state index is 15.0. The van der Waals surface area contributed by atoms with E-state index in [1.165, 1.54) is 21.4 Å². The number of aliphatic hydroxyl groups excluding tert-OH is 1. The number of aliphatic hydroxyl groups is 1. The molecule has 0 saturated heterocycles. The Kier molecular flexibility index (Phi) is 15.0. The van der Waals surface area contributed by atoms with Gasteiger partial charge in [0.05, 0.1) is 0 Å². The molecule has 0 atom stereocenters.